The van der Waals surface area contributed by atoms with E-state index in [1.807, 2.05) is 36.7 Å². The lowest BCUT2D eigenvalue weighted by atomic mass is 9.77. The van der Waals surface area contributed by atoms with Crippen LogP contribution >= 0.6 is 11.6 Å². The fourth-order valence-corrected chi connectivity index (χ4v) is 4.39. The van der Waals surface area contributed by atoms with Crippen molar-refractivity contribution in [2.75, 3.05) is 0 Å². The highest BCUT2D eigenvalue weighted by atomic mass is 35.5. The van der Waals surface area contributed by atoms with Crippen LogP contribution in [0.3, 0.4) is 0 Å². The van der Waals surface area contributed by atoms with Gasteiger partial charge in [0.25, 0.3) is 0 Å². The van der Waals surface area contributed by atoms with E-state index in [4.69, 9.17) is 20.9 Å². The average molecular weight is 430 g/mol. The van der Waals surface area contributed by atoms with Crippen LogP contribution in [0, 0.1) is 6.92 Å². The van der Waals surface area contributed by atoms with Crippen molar-refractivity contribution in [3.63, 3.8) is 0 Å². The van der Waals surface area contributed by atoms with Crippen LogP contribution in [-0.4, -0.2) is 36.9 Å². The third-order valence-corrected chi connectivity index (χ3v) is 6.27. The number of benzene rings is 1. The number of nitrogens with zero attached hydrogens (tertiary/aromatic N) is 3. The second-order valence-corrected chi connectivity index (χ2v) is 9.00. The zero-order valence-electron chi connectivity index (χ0n) is 16.9. The summed E-state index contributed by atoms with van der Waals surface area (Å²) in [7, 11) is 0. The number of hydrogen-bond donors (Lipinski definition) is 2. The molecule has 2 saturated carbocycles. The fourth-order valence-electron chi connectivity index (χ4n) is 4.17. The Hall–Kier alpha value is -2.19. The van der Waals surface area contributed by atoms with Crippen LogP contribution in [-0.2, 0) is 4.74 Å². The van der Waals surface area contributed by atoms with Crippen molar-refractivity contribution < 1.29 is 19.5 Å². The summed E-state index contributed by atoms with van der Waals surface area (Å²) in [4.78, 5) is 0. The molecule has 3 aromatic rings. The SMILES string of the molecule is Cc1c(-c2onc(-c3ccccc3Cl)c2C(O)OC2CC2)cnn1C1CC(C)(O)C1. The molecule has 158 valence electrons. The molecule has 2 aromatic heterocycles. The zero-order chi connectivity index (χ0) is 21.0. The quantitative estimate of drug-likeness (QED) is 0.563. The highest BCUT2D eigenvalue weighted by molar-refractivity contribution is 6.33. The molecule has 2 heterocycles. The van der Waals surface area contributed by atoms with Crippen LogP contribution in [0.4, 0.5) is 0 Å². The molecular formula is C22H24ClN3O4. The first-order valence-electron chi connectivity index (χ1n) is 10.2. The van der Waals surface area contributed by atoms with Crippen LogP contribution in [0.15, 0.2) is 35.0 Å². The molecule has 1 unspecified atom stereocenters. The second kappa shape index (κ2) is 7.20. The van der Waals surface area contributed by atoms with E-state index < -0.39 is 11.9 Å². The number of aromatic nitrogens is 3. The van der Waals surface area contributed by atoms with Crippen molar-refractivity contribution in [3.8, 4) is 22.6 Å². The molecule has 5 rings (SSSR count). The molecule has 1 atom stereocenters. The van der Waals surface area contributed by atoms with Gasteiger partial charge in [-0.15, -0.1) is 0 Å². The van der Waals surface area contributed by atoms with Crippen LogP contribution < -0.4 is 0 Å². The lowest BCUT2D eigenvalue weighted by Crippen LogP contribution is -2.42. The second-order valence-electron chi connectivity index (χ2n) is 8.59. The van der Waals surface area contributed by atoms with Gasteiger partial charge in [-0.05, 0) is 45.6 Å². The highest BCUT2D eigenvalue weighted by Gasteiger charge is 2.41. The number of halogens is 1. The third-order valence-electron chi connectivity index (χ3n) is 5.94. The Labute approximate surface area is 179 Å². The van der Waals surface area contributed by atoms with Crippen LogP contribution in [0.1, 0.15) is 56.2 Å². The first-order chi connectivity index (χ1) is 14.3. The maximum absolute atomic E-state index is 10.9. The van der Waals surface area contributed by atoms with E-state index >= 15 is 0 Å². The van der Waals surface area contributed by atoms with Gasteiger partial charge in [0.05, 0.1) is 40.1 Å². The van der Waals surface area contributed by atoms with Crippen LogP contribution in [0.25, 0.3) is 22.6 Å². The van der Waals surface area contributed by atoms with Gasteiger partial charge in [0.15, 0.2) is 12.1 Å². The lowest BCUT2D eigenvalue weighted by molar-refractivity contribution is -0.111. The summed E-state index contributed by atoms with van der Waals surface area (Å²) in [6, 6.07) is 7.44. The summed E-state index contributed by atoms with van der Waals surface area (Å²) in [5.41, 5.74) is 2.56. The fraction of sp³-hybridized carbons (Fsp3) is 0.455. The molecule has 2 N–H and O–H groups in total. The summed E-state index contributed by atoms with van der Waals surface area (Å²) in [5.74, 6) is 0.424. The van der Waals surface area contributed by atoms with Gasteiger partial charge >= 0.3 is 0 Å². The normalized spacial score (nSPS) is 24.6. The Balaban J connectivity index is 1.57. The molecule has 0 bridgehead atoms. The standard InChI is InChI=1S/C22H24ClN3O4/c1-12-16(11-24-26(12)13-9-22(2,28)10-13)20-18(21(27)29-14-7-8-14)19(25-30-20)15-5-3-4-6-17(15)23/h3-6,11,13-14,21,27-28H,7-10H2,1-2H3. The molecule has 2 aliphatic rings. The van der Waals surface area contributed by atoms with Gasteiger partial charge < -0.3 is 19.5 Å². The van der Waals surface area contributed by atoms with Crippen LogP contribution in [0.5, 0.6) is 0 Å². The van der Waals surface area contributed by atoms with E-state index in [0.717, 1.165) is 24.1 Å². The number of aliphatic hydroxyl groups excluding tert-OH is 1. The predicted octanol–water partition coefficient (Wildman–Crippen LogP) is 4.42. The first kappa shape index (κ1) is 19.8. The van der Waals surface area contributed by atoms with E-state index in [1.165, 1.54) is 0 Å². The average Bonchev–Trinajstić information content (AvgIpc) is 3.25. The molecule has 2 fully saturated rings. The minimum absolute atomic E-state index is 0.0443. The maximum Gasteiger partial charge on any atom is 0.187 e. The van der Waals surface area contributed by atoms with Gasteiger partial charge in [0.2, 0.25) is 0 Å². The molecule has 0 aliphatic heterocycles. The topological polar surface area (TPSA) is 93.5 Å². The molecule has 2 aliphatic carbocycles. The Morgan fingerprint density at radius 3 is 2.67 bits per heavy atom. The summed E-state index contributed by atoms with van der Waals surface area (Å²) in [6.45, 7) is 3.78. The van der Waals surface area contributed by atoms with Crippen LogP contribution in [0.2, 0.25) is 5.02 Å². The predicted molar refractivity (Wildman–Crippen MR) is 111 cm³/mol. The summed E-state index contributed by atoms with van der Waals surface area (Å²) in [5, 5.41) is 30.3. The van der Waals surface area contributed by atoms with Crippen molar-refractivity contribution in [3.05, 3.63) is 46.7 Å². The monoisotopic (exact) mass is 429 g/mol. The molecule has 30 heavy (non-hydrogen) atoms. The van der Waals surface area contributed by atoms with Crippen molar-refractivity contribution in [1.82, 2.24) is 14.9 Å². The smallest absolute Gasteiger partial charge is 0.187 e. The van der Waals surface area contributed by atoms with E-state index in [2.05, 4.69) is 10.3 Å². The Morgan fingerprint density at radius 1 is 1.27 bits per heavy atom. The molecule has 7 nitrogen and oxygen atoms in total. The summed E-state index contributed by atoms with van der Waals surface area (Å²) in [6.07, 6.45) is 3.73. The minimum Gasteiger partial charge on any atom is -0.390 e. The molecule has 0 saturated heterocycles. The summed E-state index contributed by atoms with van der Waals surface area (Å²) >= 11 is 6.39. The van der Waals surface area contributed by atoms with Crippen molar-refractivity contribution >= 4 is 11.6 Å². The van der Waals surface area contributed by atoms with Gasteiger partial charge in [-0.2, -0.15) is 5.10 Å². The third kappa shape index (κ3) is 3.46. The van der Waals surface area contributed by atoms with Gasteiger partial charge in [-0.25, -0.2) is 0 Å². The number of aliphatic hydroxyl groups is 2. The van der Waals surface area contributed by atoms with Gasteiger partial charge in [-0.1, -0.05) is 35.0 Å². The Kier molecular flexibility index (Phi) is 4.74. The van der Waals surface area contributed by atoms with Gasteiger partial charge in [-0.3, -0.25) is 4.68 Å². The van der Waals surface area contributed by atoms with E-state index in [-0.39, 0.29) is 12.1 Å². The zero-order valence-corrected chi connectivity index (χ0v) is 17.6. The molecular weight excluding hydrogens is 406 g/mol. The van der Waals surface area contributed by atoms with Crippen molar-refractivity contribution in [2.24, 2.45) is 0 Å². The first-order valence-corrected chi connectivity index (χ1v) is 10.6. The number of hydrogen-bond acceptors (Lipinski definition) is 6. The molecule has 0 radical (unpaired) electrons. The Bertz CT molecular complexity index is 1080. The number of rotatable bonds is 6. The van der Waals surface area contributed by atoms with Crippen molar-refractivity contribution in [1.29, 1.82) is 0 Å². The lowest BCUT2D eigenvalue weighted by Gasteiger charge is -2.41. The largest absolute Gasteiger partial charge is 0.390 e. The number of ether oxygens (including phenoxy) is 1. The molecule has 0 spiro atoms. The maximum atomic E-state index is 10.9. The van der Waals surface area contributed by atoms with E-state index in [0.29, 0.717) is 40.4 Å². The molecule has 1 aromatic carbocycles. The Morgan fingerprint density at radius 2 is 2.00 bits per heavy atom. The van der Waals surface area contributed by atoms with E-state index in [9.17, 15) is 10.2 Å². The van der Waals surface area contributed by atoms with E-state index in [1.54, 1.807) is 12.3 Å². The molecule has 8 heteroatoms. The van der Waals surface area contributed by atoms with Gasteiger partial charge in [0, 0.05) is 11.3 Å². The van der Waals surface area contributed by atoms with Gasteiger partial charge in [0.1, 0.15) is 5.69 Å². The molecule has 0 amide bonds. The minimum atomic E-state index is -1.18. The summed E-state index contributed by atoms with van der Waals surface area (Å²) < 4.78 is 13.4. The van der Waals surface area contributed by atoms with Crippen molar-refractivity contribution in [2.45, 2.75) is 63.6 Å². The highest BCUT2D eigenvalue weighted by Crippen LogP contribution is 2.45.